The van der Waals surface area contributed by atoms with E-state index in [0.29, 0.717) is 0 Å². The lowest BCUT2D eigenvalue weighted by molar-refractivity contribution is 0.0230. The summed E-state index contributed by atoms with van der Waals surface area (Å²) in [5.74, 6) is 1.18. The fourth-order valence-corrected chi connectivity index (χ4v) is 3.04. The van der Waals surface area contributed by atoms with Crippen molar-refractivity contribution in [1.82, 2.24) is 0 Å². The second-order valence-electron chi connectivity index (χ2n) is 3.16. The van der Waals surface area contributed by atoms with E-state index in [1.807, 2.05) is 12.2 Å². The molecule has 1 aliphatic rings. The van der Waals surface area contributed by atoms with Gasteiger partial charge in [-0.3, -0.25) is 0 Å². The zero-order valence-corrected chi connectivity index (χ0v) is 11.5. The standard InChI is InChI=1S/C10H14Br2O2/c1-13-9-3-4-10(7-12,14-2)8(5-9)6-11/h3-5,8H,6-7H2,1-2H3. The third kappa shape index (κ3) is 2.23. The molecular formula is C10H14Br2O2. The highest BCUT2D eigenvalue weighted by atomic mass is 79.9. The van der Waals surface area contributed by atoms with Crippen molar-refractivity contribution < 1.29 is 9.47 Å². The molecule has 0 radical (unpaired) electrons. The highest BCUT2D eigenvalue weighted by Crippen LogP contribution is 2.33. The third-order valence-corrected chi connectivity index (χ3v) is 4.09. The van der Waals surface area contributed by atoms with Gasteiger partial charge in [0.25, 0.3) is 0 Å². The van der Waals surface area contributed by atoms with Gasteiger partial charge in [-0.15, -0.1) is 0 Å². The predicted molar refractivity (Wildman–Crippen MR) is 65.1 cm³/mol. The first-order chi connectivity index (χ1) is 6.72. The minimum absolute atomic E-state index is 0.258. The molecule has 0 aromatic heterocycles. The van der Waals surface area contributed by atoms with Gasteiger partial charge in [-0.05, 0) is 18.2 Å². The number of allylic oxidation sites excluding steroid dienone is 1. The van der Waals surface area contributed by atoms with E-state index in [2.05, 4.69) is 37.9 Å². The smallest absolute Gasteiger partial charge is 0.115 e. The van der Waals surface area contributed by atoms with E-state index in [1.54, 1.807) is 14.2 Å². The molecule has 0 bridgehead atoms. The molecule has 1 rings (SSSR count). The molecule has 0 N–H and O–H groups in total. The van der Waals surface area contributed by atoms with Gasteiger partial charge >= 0.3 is 0 Å². The molecule has 0 saturated heterocycles. The Morgan fingerprint density at radius 2 is 2.14 bits per heavy atom. The van der Waals surface area contributed by atoms with Crippen molar-refractivity contribution >= 4 is 31.9 Å². The van der Waals surface area contributed by atoms with E-state index in [4.69, 9.17) is 9.47 Å². The van der Waals surface area contributed by atoms with Crippen LogP contribution in [-0.2, 0) is 9.47 Å². The molecule has 0 aromatic carbocycles. The SMILES string of the molecule is COC1=CC(CBr)C(CBr)(OC)C=C1. The maximum Gasteiger partial charge on any atom is 0.115 e. The number of ether oxygens (including phenoxy) is 2. The van der Waals surface area contributed by atoms with Crippen molar-refractivity contribution in [3.63, 3.8) is 0 Å². The van der Waals surface area contributed by atoms with Crippen LogP contribution in [-0.4, -0.2) is 30.5 Å². The summed E-state index contributed by atoms with van der Waals surface area (Å²) in [5, 5.41) is 1.63. The molecule has 4 heteroatoms. The molecule has 1 aliphatic carbocycles. The van der Waals surface area contributed by atoms with Gasteiger partial charge < -0.3 is 9.47 Å². The minimum Gasteiger partial charge on any atom is -0.497 e. The lowest BCUT2D eigenvalue weighted by Crippen LogP contribution is -2.41. The maximum atomic E-state index is 5.56. The van der Waals surface area contributed by atoms with Crippen molar-refractivity contribution in [2.24, 2.45) is 5.92 Å². The fraction of sp³-hybridized carbons (Fsp3) is 0.600. The highest BCUT2D eigenvalue weighted by Gasteiger charge is 2.36. The summed E-state index contributed by atoms with van der Waals surface area (Å²) in [5.41, 5.74) is -0.258. The lowest BCUT2D eigenvalue weighted by Gasteiger charge is -2.35. The largest absolute Gasteiger partial charge is 0.497 e. The van der Waals surface area contributed by atoms with Gasteiger partial charge in [-0.25, -0.2) is 0 Å². The number of halogens is 2. The van der Waals surface area contributed by atoms with Crippen molar-refractivity contribution in [3.05, 3.63) is 24.0 Å². The molecule has 0 heterocycles. The topological polar surface area (TPSA) is 18.5 Å². The van der Waals surface area contributed by atoms with Crippen molar-refractivity contribution in [2.75, 3.05) is 24.9 Å². The van der Waals surface area contributed by atoms with Gasteiger partial charge in [-0.1, -0.05) is 31.9 Å². The monoisotopic (exact) mass is 324 g/mol. The van der Waals surface area contributed by atoms with Gasteiger partial charge in [0.05, 0.1) is 7.11 Å². The van der Waals surface area contributed by atoms with E-state index in [9.17, 15) is 0 Å². The van der Waals surface area contributed by atoms with Crippen molar-refractivity contribution in [2.45, 2.75) is 5.60 Å². The van der Waals surface area contributed by atoms with Crippen molar-refractivity contribution in [1.29, 1.82) is 0 Å². The third-order valence-electron chi connectivity index (χ3n) is 2.51. The Labute approximate surface area is 102 Å². The number of methoxy groups -OCH3 is 2. The average molecular weight is 326 g/mol. The summed E-state index contributed by atoms with van der Waals surface area (Å²) < 4.78 is 10.7. The highest BCUT2D eigenvalue weighted by molar-refractivity contribution is 9.09. The zero-order valence-electron chi connectivity index (χ0n) is 8.30. The Hall–Kier alpha value is 0.200. The van der Waals surface area contributed by atoms with Crippen LogP contribution in [0.15, 0.2) is 24.0 Å². The van der Waals surface area contributed by atoms with Gasteiger partial charge in [0.15, 0.2) is 0 Å². The summed E-state index contributed by atoms with van der Waals surface area (Å²) in [4.78, 5) is 0. The predicted octanol–water partition coefficient (Wildman–Crippen LogP) is 2.88. The molecule has 2 atom stereocenters. The van der Waals surface area contributed by atoms with Crippen LogP contribution in [0.3, 0.4) is 0 Å². The van der Waals surface area contributed by atoms with E-state index in [1.165, 1.54) is 0 Å². The van der Waals surface area contributed by atoms with E-state index in [-0.39, 0.29) is 11.5 Å². The van der Waals surface area contributed by atoms with Crippen LogP contribution in [0.1, 0.15) is 0 Å². The van der Waals surface area contributed by atoms with Crippen LogP contribution in [0.4, 0.5) is 0 Å². The Bertz CT molecular complexity index is 245. The first-order valence-corrected chi connectivity index (χ1v) is 6.59. The van der Waals surface area contributed by atoms with Crippen LogP contribution in [0, 0.1) is 5.92 Å². The average Bonchev–Trinajstić information content (AvgIpc) is 2.28. The Morgan fingerprint density at radius 3 is 2.57 bits per heavy atom. The van der Waals surface area contributed by atoms with Gasteiger partial charge in [-0.2, -0.15) is 0 Å². The normalized spacial score (nSPS) is 31.4. The first-order valence-electron chi connectivity index (χ1n) is 4.34. The summed E-state index contributed by atoms with van der Waals surface area (Å²) in [7, 11) is 3.41. The summed E-state index contributed by atoms with van der Waals surface area (Å²) >= 11 is 6.97. The van der Waals surface area contributed by atoms with Crippen LogP contribution in [0.2, 0.25) is 0 Å². The number of hydrogen-bond donors (Lipinski definition) is 0. The molecule has 2 unspecified atom stereocenters. The molecule has 0 amide bonds. The molecule has 0 aliphatic heterocycles. The fourth-order valence-electron chi connectivity index (χ4n) is 1.47. The molecule has 14 heavy (non-hydrogen) atoms. The number of rotatable bonds is 4. The Kier molecular flexibility index (Phi) is 4.67. The first kappa shape index (κ1) is 12.3. The van der Waals surface area contributed by atoms with E-state index < -0.39 is 0 Å². The molecule has 0 fully saturated rings. The molecule has 80 valence electrons. The van der Waals surface area contributed by atoms with Gasteiger partial charge in [0.2, 0.25) is 0 Å². The second kappa shape index (κ2) is 5.33. The summed E-state index contributed by atoms with van der Waals surface area (Å²) in [6.07, 6.45) is 6.08. The molecule has 2 nitrogen and oxygen atoms in total. The Morgan fingerprint density at radius 1 is 1.43 bits per heavy atom. The van der Waals surface area contributed by atoms with Crippen molar-refractivity contribution in [3.8, 4) is 0 Å². The minimum atomic E-state index is -0.258. The molecule has 0 spiro atoms. The van der Waals surface area contributed by atoms with Gasteiger partial charge in [0.1, 0.15) is 11.4 Å². The van der Waals surface area contributed by atoms with Crippen LogP contribution in [0.5, 0.6) is 0 Å². The molecule has 0 saturated carbocycles. The lowest BCUT2D eigenvalue weighted by atomic mass is 9.86. The van der Waals surface area contributed by atoms with Gasteiger partial charge in [0, 0.05) is 23.7 Å². The summed E-state index contributed by atoms with van der Waals surface area (Å²) in [6, 6.07) is 0. The summed E-state index contributed by atoms with van der Waals surface area (Å²) in [6.45, 7) is 0. The van der Waals surface area contributed by atoms with Crippen LogP contribution < -0.4 is 0 Å². The van der Waals surface area contributed by atoms with E-state index >= 15 is 0 Å². The van der Waals surface area contributed by atoms with Crippen LogP contribution >= 0.6 is 31.9 Å². The number of alkyl halides is 2. The number of hydrogen-bond acceptors (Lipinski definition) is 2. The zero-order chi connectivity index (χ0) is 10.6. The Balaban J connectivity index is 2.92. The quantitative estimate of drug-likeness (QED) is 0.740. The van der Waals surface area contributed by atoms with E-state index in [0.717, 1.165) is 16.4 Å². The molecular weight excluding hydrogens is 312 g/mol. The second-order valence-corrected chi connectivity index (χ2v) is 4.37. The molecule has 0 aromatic rings. The maximum absolute atomic E-state index is 5.56. The van der Waals surface area contributed by atoms with Crippen LogP contribution in [0.25, 0.3) is 0 Å².